The summed E-state index contributed by atoms with van der Waals surface area (Å²) >= 11 is 0. The minimum Gasteiger partial charge on any atom is -0.486 e. The highest BCUT2D eigenvalue weighted by atomic mass is 16.5. The zero-order chi connectivity index (χ0) is 15.5. The van der Waals surface area contributed by atoms with Crippen LogP contribution in [0.5, 0.6) is 5.75 Å². The van der Waals surface area contributed by atoms with Crippen LogP contribution >= 0.6 is 0 Å². The molecule has 0 fully saturated rings. The molecule has 3 aromatic rings. The molecule has 6 heteroatoms. The van der Waals surface area contributed by atoms with Crippen molar-refractivity contribution in [2.75, 3.05) is 0 Å². The van der Waals surface area contributed by atoms with E-state index in [1.54, 1.807) is 30.3 Å². The maximum atomic E-state index is 10.8. The van der Waals surface area contributed by atoms with E-state index in [2.05, 4.69) is 16.0 Å². The largest absolute Gasteiger partial charge is 0.486 e. The first kappa shape index (κ1) is 13.8. The molecule has 108 valence electrons. The van der Waals surface area contributed by atoms with E-state index in [4.69, 9.17) is 10.00 Å². The van der Waals surface area contributed by atoms with Gasteiger partial charge in [0.2, 0.25) is 0 Å². The van der Waals surface area contributed by atoms with Gasteiger partial charge in [-0.1, -0.05) is 0 Å². The minimum absolute atomic E-state index is 0.273. The lowest BCUT2D eigenvalue weighted by molar-refractivity contribution is 0.111. The predicted octanol–water partition coefficient (Wildman–Crippen LogP) is 2.23. The standard InChI is InChI=1S/C16H12N4O2/c1-20-14-7-4-12(9-21)18-16(14)19-15(20)10-22-13-5-2-11(8-17)3-6-13/h2-7,9H,10H2,1H3. The first-order valence-corrected chi connectivity index (χ1v) is 6.62. The number of aryl methyl sites for hydroxylation is 1. The molecule has 1 aromatic carbocycles. The van der Waals surface area contributed by atoms with Gasteiger partial charge in [0.25, 0.3) is 0 Å². The maximum Gasteiger partial charge on any atom is 0.178 e. The molecule has 0 aliphatic heterocycles. The monoisotopic (exact) mass is 292 g/mol. The van der Waals surface area contributed by atoms with Crippen molar-refractivity contribution in [1.29, 1.82) is 5.26 Å². The van der Waals surface area contributed by atoms with Gasteiger partial charge < -0.3 is 9.30 Å². The summed E-state index contributed by atoms with van der Waals surface area (Å²) < 4.78 is 7.54. The number of imidazole rings is 1. The highest BCUT2D eigenvalue weighted by Gasteiger charge is 2.10. The second kappa shape index (κ2) is 5.66. The summed E-state index contributed by atoms with van der Waals surface area (Å²) in [6, 6.07) is 12.4. The Labute approximate surface area is 126 Å². The van der Waals surface area contributed by atoms with Crippen LogP contribution in [0.15, 0.2) is 36.4 Å². The van der Waals surface area contributed by atoms with Gasteiger partial charge in [0, 0.05) is 7.05 Å². The summed E-state index contributed by atoms with van der Waals surface area (Å²) in [6.07, 6.45) is 0.695. The number of fused-ring (bicyclic) bond motifs is 1. The van der Waals surface area contributed by atoms with Crippen molar-refractivity contribution in [3.8, 4) is 11.8 Å². The Morgan fingerprint density at radius 3 is 2.68 bits per heavy atom. The third kappa shape index (κ3) is 2.52. The topological polar surface area (TPSA) is 80.8 Å². The molecule has 22 heavy (non-hydrogen) atoms. The SMILES string of the molecule is Cn1c(COc2ccc(C#N)cc2)nc2nc(C=O)ccc21. The van der Waals surface area contributed by atoms with Crippen LogP contribution in [0.2, 0.25) is 0 Å². The fourth-order valence-electron chi connectivity index (χ4n) is 2.10. The molecular weight excluding hydrogens is 280 g/mol. The van der Waals surface area contributed by atoms with Crippen molar-refractivity contribution in [2.24, 2.45) is 7.05 Å². The van der Waals surface area contributed by atoms with E-state index in [-0.39, 0.29) is 6.61 Å². The van der Waals surface area contributed by atoms with Crippen LogP contribution in [0.3, 0.4) is 0 Å². The van der Waals surface area contributed by atoms with E-state index in [1.807, 2.05) is 17.7 Å². The highest BCUT2D eigenvalue weighted by Crippen LogP contribution is 2.17. The molecule has 2 heterocycles. The Kier molecular flexibility index (Phi) is 3.54. The van der Waals surface area contributed by atoms with Gasteiger partial charge in [0.1, 0.15) is 23.9 Å². The molecular formula is C16H12N4O2. The summed E-state index contributed by atoms with van der Waals surface area (Å²) in [5.74, 6) is 1.36. The second-order valence-corrected chi connectivity index (χ2v) is 4.71. The van der Waals surface area contributed by atoms with Crippen LogP contribution in [0.1, 0.15) is 21.9 Å². The fraction of sp³-hybridized carbons (Fsp3) is 0.125. The Balaban J connectivity index is 1.82. The van der Waals surface area contributed by atoms with Gasteiger partial charge >= 0.3 is 0 Å². The molecule has 0 saturated carbocycles. The Morgan fingerprint density at radius 1 is 1.23 bits per heavy atom. The molecule has 6 nitrogen and oxygen atoms in total. The van der Waals surface area contributed by atoms with Crippen LogP contribution in [-0.2, 0) is 13.7 Å². The molecule has 0 bridgehead atoms. The Hall–Kier alpha value is -3.20. The molecule has 0 saturated heterocycles. The summed E-state index contributed by atoms with van der Waals surface area (Å²) in [6.45, 7) is 0.273. The number of aldehydes is 1. The molecule has 0 atom stereocenters. The van der Waals surface area contributed by atoms with Crippen molar-refractivity contribution in [3.05, 3.63) is 53.5 Å². The van der Waals surface area contributed by atoms with Crippen LogP contribution in [0.4, 0.5) is 0 Å². The highest BCUT2D eigenvalue weighted by molar-refractivity contribution is 5.79. The lowest BCUT2D eigenvalue weighted by Gasteiger charge is -2.06. The van der Waals surface area contributed by atoms with Crippen LogP contribution in [-0.4, -0.2) is 20.8 Å². The van der Waals surface area contributed by atoms with Gasteiger partial charge in [-0.25, -0.2) is 9.97 Å². The predicted molar refractivity (Wildman–Crippen MR) is 79.4 cm³/mol. The van der Waals surface area contributed by atoms with Crippen molar-refractivity contribution < 1.29 is 9.53 Å². The van der Waals surface area contributed by atoms with Crippen LogP contribution < -0.4 is 4.74 Å². The molecule has 0 unspecified atom stereocenters. The number of aromatic nitrogens is 3. The molecule has 0 amide bonds. The lowest BCUT2D eigenvalue weighted by atomic mass is 10.2. The third-order valence-corrected chi connectivity index (χ3v) is 3.33. The molecule has 0 radical (unpaired) electrons. The van der Waals surface area contributed by atoms with Crippen molar-refractivity contribution >= 4 is 17.5 Å². The molecule has 0 spiro atoms. The second-order valence-electron chi connectivity index (χ2n) is 4.71. The minimum atomic E-state index is 0.273. The van der Waals surface area contributed by atoms with Gasteiger partial charge in [-0.15, -0.1) is 0 Å². The lowest BCUT2D eigenvalue weighted by Crippen LogP contribution is -2.03. The summed E-state index contributed by atoms with van der Waals surface area (Å²) in [5, 5.41) is 8.76. The van der Waals surface area contributed by atoms with Crippen LogP contribution in [0.25, 0.3) is 11.2 Å². The third-order valence-electron chi connectivity index (χ3n) is 3.33. The number of hydrogen-bond acceptors (Lipinski definition) is 5. The Bertz CT molecular complexity index is 876. The first-order chi connectivity index (χ1) is 10.7. The molecule has 0 aliphatic rings. The molecule has 0 N–H and O–H groups in total. The molecule has 2 aromatic heterocycles. The normalized spacial score (nSPS) is 10.4. The van der Waals surface area contributed by atoms with E-state index >= 15 is 0 Å². The van der Waals surface area contributed by atoms with E-state index in [9.17, 15) is 4.79 Å². The van der Waals surface area contributed by atoms with Crippen LogP contribution in [0, 0.1) is 11.3 Å². The quantitative estimate of drug-likeness (QED) is 0.689. The summed E-state index contributed by atoms with van der Waals surface area (Å²) in [5.41, 5.74) is 2.29. The van der Waals surface area contributed by atoms with Gasteiger partial charge in [-0.2, -0.15) is 5.26 Å². The van der Waals surface area contributed by atoms with E-state index in [0.717, 1.165) is 5.52 Å². The number of pyridine rings is 1. The van der Waals surface area contributed by atoms with E-state index in [1.165, 1.54) is 0 Å². The number of carbonyl (C=O) groups excluding carboxylic acids is 1. The number of rotatable bonds is 4. The maximum absolute atomic E-state index is 10.8. The van der Waals surface area contributed by atoms with Crippen molar-refractivity contribution in [3.63, 3.8) is 0 Å². The number of nitrogens with zero attached hydrogens (tertiary/aromatic N) is 4. The fourth-order valence-corrected chi connectivity index (χ4v) is 2.10. The first-order valence-electron chi connectivity index (χ1n) is 6.62. The zero-order valence-electron chi connectivity index (χ0n) is 11.9. The van der Waals surface area contributed by atoms with Gasteiger partial charge in [0.05, 0.1) is 17.1 Å². The zero-order valence-corrected chi connectivity index (χ0v) is 11.9. The summed E-state index contributed by atoms with van der Waals surface area (Å²) in [4.78, 5) is 19.3. The average Bonchev–Trinajstić information content (AvgIpc) is 2.89. The van der Waals surface area contributed by atoms with E-state index in [0.29, 0.717) is 34.8 Å². The van der Waals surface area contributed by atoms with E-state index < -0.39 is 0 Å². The van der Waals surface area contributed by atoms with Gasteiger partial charge in [-0.3, -0.25) is 4.79 Å². The number of hydrogen-bond donors (Lipinski definition) is 0. The summed E-state index contributed by atoms with van der Waals surface area (Å²) in [7, 11) is 1.87. The number of benzene rings is 1. The number of nitriles is 1. The van der Waals surface area contributed by atoms with Crippen molar-refractivity contribution in [2.45, 2.75) is 6.61 Å². The molecule has 0 aliphatic carbocycles. The molecule has 3 rings (SSSR count). The van der Waals surface area contributed by atoms with Crippen molar-refractivity contribution in [1.82, 2.24) is 14.5 Å². The smallest absolute Gasteiger partial charge is 0.178 e. The Morgan fingerprint density at radius 2 is 2.00 bits per heavy atom. The number of ether oxygens (including phenoxy) is 1. The van der Waals surface area contributed by atoms with Gasteiger partial charge in [0.15, 0.2) is 11.9 Å². The number of carbonyl (C=O) groups is 1. The average molecular weight is 292 g/mol. The van der Waals surface area contributed by atoms with Gasteiger partial charge in [-0.05, 0) is 36.4 Å².